The molecule has 0 saturated carbocycles. The number of ether oxygens (including phenoxy) is 1. The topological polar surface area (TPSA) is 87.7 Å². The molecule has 1 saturated heterocycles. The van der Waals surface area contributed by atoms with Crippen LogP contribution in [0.1, 0.15) is 25.3 Å². The molecule has 0 atom stereocenters. The van der Waals surface area contributed by atoms with Crippen LogP contribution < -0.4 is 10.2 Å². The van der Waals surface area contributed by atoms with E-state index in [9.17, 15) is 9.59 Å². The van der Waals surface area contributed by atoms with Crippen molar-refractivity contribution >= 4 is 50.5 Å². The maximum Gasteiger partial charge on any atom is 0.275 e. The summed E-state index contributed by atoms with van der Waals surface area (Å²) >= 11 is 3.11. The number of aromatic nitrogens is 2. The Morgan fingerprint density at radius 2 is 1.84 bits per heavy atom. The molecule has 6 rings (SSSR count). The van der Waals surface area contributed by atoms with Gasteiger partial charge in [0.05, 0.1) is 10.3 Å². The van der Waals surface area contributed by atoms with E-state index in [0.717, 1.165) is 61.5 Å². The second kappa shape index (κ2) is 10.3. The Bertz CT molecular complexity index is 1540. The van der Waals surface area contributed by atoms with Crippen LogP contribution in [0.5, 0.6) is 5.75 Å². The number of thiophene rings is 2. The van der Waals surface area contributed by atoms with E-state index in [1.54, 1.807) is 18.3 Å². The third-order valence-electron chi connectivity index (χ3n) is 6.84. The number of anilines is 1. The molecule has 2 aliphatic rings. The van der Waals surface area contributed by atoms with Gasteiger partial charge < -0.3 is 4.74 Å². The summed E-state index contributed by atoms with van der Waals surface area (Å²) in [7, 11) is 0. The number of fused-ring (bicyclic) bond motifs is 1. The number of hydrogen-bond acceptors (Lipinski definition) is 9. The zero-order valence-corrected chi connectivity index (χ0v) is 22.8. The van der Waals surface area contributed by atoms with E-state index < -0.39 is 5.91 Å². The van der Waals surface area contributed by atoms with Crippen LogP contribution in [-0.4, -0.2) is 57.9 Å². The number of aryl methyl sites for hydroxylation is 1. The second-order valence-corrected chi connectivity index (χ2v) is 11.4. The number of rotatable bonds is 8. The molecule has 1 N–H and O–H groups in total. The van der Waals surface area contributed by atoms with Gasteiger partial charge in [0.25, 0.3) is 11.8 Å². The monoisotopic (exact) mass is 545 g/mol. The van der Waals surface area contributed by atoms with Gasteiger partial charge in [-0.3, -0.25) is 19.9 Å². The molecule has 0 radical (unpaired) electrons. The quantitative estimate of drug-likeness (QED) is 0.292. The molecule has 10 heteroatoms. The van der Waals surface area contributed by atoms with E-state index in [2.05, 4.69) is 22.5 Å². The molecular formula is C28H27N5O3S2. The number of carbonyl (C=O) groups excluding carboxylic acids is 2. The Labute approximate surface area is 228 Å². The molecule has 3 aromatic heterocycles. The molecular weight excluding hydrogens is 518 g/mol. The average molecular weight is 546 g/mol. The Balaban J connectivity index is 1.31. The van der Waals surface area contributed by atoms with E-state index in [4.69, 9.17) is 14.7 Å². The Morgan fingerprint density at radius 3 is 2.53 bits per heavy atom. The summed E-state index contributed by atoms with van der Waals surface area (Å²) in [6.07, 6.45) is 3.89. The fraction of sp³-hybridized carbons (Fsp3) is 0.286. The van der Waals surface area contributed by atoms with Gasteiger partial charge in [-0.2, -0.15) is 5.01 Å². The molecule has 2 aliphatic heterocycles. The lowest BCUT2D eigenvalue weighted by Gasteiger charge is -2.17. The van der Waals surface area contributed by atoms with Crippen molar-refractivity contribution in [1.29, 1.82) is 0 Å². The van der Waals surface area contributed by atoms with Gasteiger partial charge in [-0.15, -0.1) is 22.7 Å². The van der Waals surface area contributed by atoms with Crippen LogP contribution in [0.4, 0.5) is 5.82 Å². The van der Waals surface area contributed by atoms with E-state index in [1.165, 1.54) is 30.3 Å². The third-order valence-corrected chi connectivity index (χ3v) is 8.94. The molecule has 4 aromatic rings. The van der Waals surface area contributed by atoms with Crippen molar-refractivity contribution in [3.63, 3.8) is 0 Å². The first-order valence-corrected chi connectivity index (χ1v) is 14.3. The minimum atomic E-state index is -0.412. The van der Waals surface area contributed by atoms with Gasteiger partial charge in [0.2, 0.25) is 0 Å². The third kappa shape index (κ3) is 4.70. The van der Waals surface area contributed by atoms with Crippen molar-refractivity contribution in [2.75, 3.05) is 31.7 Å². The zero-order valence-electron chi connectivity index (χ0n) is 21.2. The Kier molecular flexibility index (Phi) is 6.69. The largest absolute Gasteiger partial charge is 0.492 e. The van der Waals surface area contributed by atoms with Crippen molar-refractivity contribution in [2.24, 2.45) is 0 Å². The predicted octanol–water partition coefficient (Wildman–Crippen LogP) is 5.51. The van der Waals surface area contributed by atoms with Gasteiger partial charge in [0.1, 0.15) is 17.2 Å². The standard InChI is InChI=1S/C28H27N5O3S2/c1-17-16-22(34)33(28(17)35)31-26-23-18(2)24(38-27(23)30-25(29-26)21-6-5-15-37-21)19-7-9-20(10-8-19)36-14-13-32-11-3-4-12-32/h5-10,15-16H,3-4,11-14H2,1-2H3,(H,29,30,31). The van der Waals surface area contributed by atoms with Gasteiger partial charge in [-0.25, -0.2) is 9.97 Å². The van der Waals surface area contributed by atoms with Crippen LogP contribution in [-0.2, 0) is 9.59 Å². The summed E-state index contributed by atoms with van der Waals surface area (Å²) < 4.78 is 5.98. The second-order valence-electron chi connectivity index (χ2n) is 9.45. The van der Waals surface area contributed by atoms with Crippen LogP contribution >= 0.6 is 22.7 Å². The number of amides is 2. The molecule has 5 heterocycles. The van der Waals surface area contributed by atoms with Crippen LogP contribution in [0, 0.1) is 6.92 Å². The number of nitrogens with zero attached hydrogens (tertiary/aromatic N) is 4. The normalized spacial score (nSPS) is 16.1. The Morgan fingerprint density at radius 1 is 1.05 bits per heavy atom. The fourth-order valence-electron chi connectivity index (χ4n) is 4.81. The lowest BCUT2D eigenvalue weighted by molar-refractivity contribution is -0.135. The molecule has 1 aromatic carbocycles. The molecule has 0 aliphatic carbocycles. The lowest BCUT2D eigenvalue weighted by Crippen LogP contribution is -2.36. The minimum absolute atomic E-state index is 0.382. The van der Waals surface area contributed by atoms with Crippen LogP contribution in [0.3, 0.4) is 0 Å². The number of carbonyl (C=O) groups is 2. The maximum atomic E-state index is 12.6. The molecule has 194 valence electrons. The Hall–Kier alpha value is -3.60. The van der Waals surface area contributed by atoms with Crippen molar-refractivity contribution in [3.8, 4) is 26.9 Å². The van der Waals surface area contributed by atoms with E-state index in [0.29, 0.717) is 23.8 Å². The average Bonchev–Trinajstić information content (AvgIpc) is 3.72. The summed E-state index contributed by atoms with van der Waals surface area (Å²) in [4.78, 5) is 39.8. The van der Waals surface area contributed by atoms with E-state index in [-0.39, 0.29) is 5.91 Å². The summed E-state index contributed by atoms with van der Waals surface area (Å²) in [6, 6.07) is 12.0. The first kappa shape index (κ1) is 24.7. The van der Waals surface area contributed by atoms with Crippen molar-refractivity contribution in [3.05, 3.63) is 59.0 Å². The molecule has 1 fully saturated rings. The predicted molar refractivity (Wildman–Crippen MR) is 151 cm³/mol. The number of imide groups is 1. The highest BCUT2D eigenvalue weighted by Crippen LogP contribution is 2.42. The molecule has 0 bridgehead atoms. The number of likely N-dealkylation sites (tertiary alicyclic amines) is 1. The van der Waals surface area contributed by atoms with Crippen LogP contribution in [0.2, 0.25) is 0 Å². The van der Waals surface area contributed by atoms with Crippen molar-refractivity contribution in [2.45, 2.75) is 26.7 Å². The summed E-state index contributed by atoms with van der Waals surface area (Å²) in [6.45, 7) is 7.61. The number of hydrogen-bond donors (Lipinski definition) is 1. The molecule has 0 unspecified atom stereocenters. The lowest BCUT2D eigenvalue weighted by atomic mass is 10.1. The first-order chi connectivity index (χ1) is 18.5. The SMILES string of the molecule is CC1=CC(=O)N(Nc2nc(-c3cccs3)nc3sc(-c4ccc(OCCN5CCCC5)cc4)c(C)c23)C1=O. The maximum absolute atomic E-state index is 12.6. The summed E-state index contributed by atoms with van der Waals surface area (Å²) in [5.74, 6) is 1.04. The van der Waals surface area contributed by atoms with E-state index in [1.807, 2.05) is 36.6 Å². The highest BCUT2D eigenvalue weighted by Gasteiger charge is 2.30. The molecule has 8 nitrogen and oxygen atoms in total. The molecule has 38 heavy (non-hydrogen) atoms. The zero-order chi connectivity index (χ0) is 26.2. The first-order valence-electron chi connectivity index (χ1n) is 12.6. The van der Waals surface area contributed by atoms with Crippen molar-refractivity contribution in [1.82, 2.24) is 19.9 Å². The van der Waals surface area contributed by atoms with Gasteiger partial charge >= 0.3 is 0 Å². The van der Waals surface area contributed by atoms with E-state index >= 15 is 0 Å². The smallest absolute Gasteiger partial charge is 0.275 e. The summed E-state index contributed by atoms with van der Waals surface area (Å²) in [5, 5.41) is 3.78. The van der Waals surface area contributed by atoms with Crippen molar-refractivity contribution < 1.29 is 14.3 Å². The van der Waals surface area contributed by atoms with Crippen LogP contribution in [0.15, 0.2) is 53.4 Å². The minimum Gasteiger partial charge on any atom is -0.492 e. The van der Waals surface area contributed by atoms with Gasteiger partial charge in [0, 0.05) is 23.1 Å². The molecule has 2 amide bonds. The highest BCUT2D eigenvalue weighted by atomic mass is 32.1. The van der Waals surface area contributed by atoms with Gasteiger partial charge in [-0.1, -0.05) is 6.07 Å². The van der Waals surface area contributed by atoms with Crippen LogP contribution in [0.25, 0.3) is 31.4 Å². The fourth-order valence-corrected chi connectivity index (χ4v) is 6.66. The number of benzene rings is 1. The summed E-state index contributed by atoms with van der Waals surface area (Å²) in [5.41, 5.74) is 5.41. The number of nitrogens with one attached hydrogen (secondary N) is 1. The highest BCUT2D eigenvalue weighted by molar-refractivity contribution is 7.22. The van der Waals surface area contributed by atoms with Gasteiger partial charge in [0.15, 0.2) is 11.6 Å². The van der Waals surface area contributed by atoms with Gasteiger partial charge in [-0.05, 0) is 86.6 Å². The number of hydrazine groups is 1. The molecule has 0 spiro atoms.